The number of phenols is 1. The van der Waals surface area contributed by atoms with E-state index in [0.29, 0.717) is 5.56 Å². The van der Waals surface area contributed by atoms with Crippen molar-refractivity contribution in [2.24, 2.45) is 0 Å². The first-order valence-corrected chi connectivity index (χ1v) is 4.73. The number of hydrogen-bond donors (Lipinski definition) is 3. The Morgan fingerprint density at radius 2 is 2.12 bits per heavy atom. The quantitative estimate of drug-likeness (QED) is 0.669. The van der Waals surface area contributed by atoms with Gasteiger partial charge in [0.2, 0.25) is 5.91 Å². The molecule has 0 heterocycles. The Hall–Kier alpha value is -2.55. The summed E-state index contributed by atoms with van der Waals surface area (Å²) >= 11 is 0. The molecule has 6 nitrogen and oxygen atoms in total. The summed E-state index contributed by atoms with van der Waals surface area (Å²) in [6.45, 7) is 0. The molecule has 0 radical (unpaired) electrons. The zero-order valence-electron chi connectivity index (χ0n) is 8.80. The van der Waals surface area contributed by atoms with E-state index in [4.69, 9.17) is 10.4 Å². The van der Waals surface area contributed by atoms with Crippen LogP contribution in [0.5, 0.6) is 5.75 Å². The number of carbonyl (C=O) groups is 2. The topological polar surface area (TPSA) is 110 Å². The van der Waals surface area contributed by atoms with Gasteiger partial charge in [-0.2, -0.15) is 5.26 Å². The molecule has 0 fully saturated rings. The van der Waals surface area contributed by atoms with E-state index >= 15 is 0 Å². The number of carboxylic acids is 1. The van der Waals surface area contributed by atoms with Gasteiger partial charge in [0.15, 0.2) is 0 Å². The monoisotopic (exact) mass is 234 g/mol. The number of carboxylic acid groups (broad SMARTS) is 1. The van der Waals surface area contributed by atoms with Crippen LogP contribution in [0.4, 0.5) is 5.69 Å². The van der Waals surface area contributed by atoms with Crippen molar-refractivity contribution in [1.29, 1.82) is 5.26 Å². The average Bonchev–Trinajstić information content (AvgIpc) is 2.22. The maximum absolute atomic E-state index is 11.1. The summed E-state index contributed by atoms with van der Waals surface area (Å²) < 4.78 is 0. The summed E-state index contributed by atoms with van der Waals surface area (Å²) in [6, 6.07) is 5.77. The smallest absolute Gasteiger partial charge is 0.307 e. The molecule has 1 rings (SSSR count). The normalized spacial score (nSPS) is 9.35. The van der Waals surface area contributed by atoms with E-state index in [0.717, 1.165) is 0 Å². The molecule has 1 aromatic carbocycles. The highest BCUT2D eigenvalue weighted by Crippen LogP contribution is 2.24. The number of rotatable bonds is 4. The standard InChI is InChI=1S/C11H10N2O4/c12-4-3-10(15)13-8-5-7(6-11(16)17)1-2-9(8)14/h1-2,5,14H,3,6H2,(H,13,15)(H,16,17). The average molecular weight is 234 g/mol. The molecule has 0 saturated heterocycles. The van der Waals surface area contributed by atoms with Crippen LogP contribution in [0.2, 0.25) is 0 Å². The minimum absolute atomic E-state index is 0.101. The predicted molar refractivity (Wildman–Crippen MR) is 58.3 cm³/mol. The van der Waals surface area contributed by atoms with Gasteiger partial charge in [-0.1, -0.05) is 6.07 Å². The number of nitrogens with zero attached hydrogens (tertiary/aromatic N) is 1. The van der Waals surface area contributed by atoms with Crippen molar-refractivity contribution < 1.29 is 19.8 Å². The van der Waals surface area contributed by atoms with Crippen LogP contribution >= 0.6 is 0 Å². The number of nitriles is 1. The Morgan fingerprint density at radius 3 is 2.71 bits per heavy atom. The lowest BCUT2D eigenvalue weighted by atomic mass is 10.1. The molecule has 3 N–H and O–H groups in total. The third kappa shape index (κ3) is 3.83. The van der Waals surface area contributed by atoms with Gasteiger partial charge < -0.3 is 15.5 Å². The van der Waals surface area contributed by atoms with Crippen molar-refractivity contribution in [3.05, 3.63) is 23.8 Å². The molecule has 0 bridgehead atoms. The molecule has 0 aliphatic heterocycles. The Balaban J connectivity index is 2.87. The maximum Gasteiger partial charge on any atom is 0.307 e. The van der Waals surface area contributed by atoms with Crippen LogP contribution in [0.15, 0.2) is 18.2 Å². The Kier molecular flexibility index (Phi) is 4.06. The van der Waals surface area contributed by atoms with E-state index in [2.05, 4.69) is 5.32 Å². The second-order valence-electron chi connectivity index (χ2n) is 3.31. The molecule has 88 valence electrons. The molecule has 0 aromatic heterocycles. The van der Waals surface area contributed by atoms with Crippen molar-refractivity contribution in [3.63, 3.8) is 0 Å². The summed E-state index contributed by atoms with van der Waals surface area (Å²) in [4.78, 5) is 21.6. The second-order valence-corrected chi connectivity index (χ2v) is 3.31. The summed E-state index contributed by atoms with van der Waals surface area (Å²) in [5, 5.41) is 28.7. The highest BCUT2D eigenvalue weighted by atomic mass is 16.4. The molecule has 0 atom stereocenters. The Bertz CT molecular complexity index is 491. The van der Waals surface area contributed by atoms with E-state index in [1.807, 2.05) is 0 Å². The van der Waals surface area contributed by atoms with Crippen molar-refractivity contribution >= 4 is 17.6 Å². The van der Waals surface area contributed by atoms with Crippen molar-refractivity contribution in [2.75, 3.05) is 5.32 Å². The summed E-state index contributed by atoms with van der Waals surface area (Å²) in [6.07, 6.45) is -0.538. The highest BCUT2D eigenvalue weighted by Gasteiger charge is 2.08. The van der Waals surface area contributed by atoms with Gasteiger partial charge in [-0.15, -0.1) is 0 Å². The van der Waals surface area contributed by atoms with E-state index in [1.165, 1.54) is 18.2 Å². The molecule has 0 saturated carbocycles. The summed E-state index contributed by atoms with van der Waals surface area (Å²) in [5.74, 6) is -1.74. The Labute approximate surface area is 97.1 Å². The van der Waals surface area contributed by atoms with Gasteiger partial charge in [-0.05, 0) is 17.7 Å². The third-order valence-electron chi connectivity index (χ3n) is 1.93. The number of hydrogen-bond acceptors (Lipinski definition) is 4. The zero-order chi connectivity index (χ0) is 12.8. The van der Waals surface area contributed by atoms with Crippen LogP contribution in [-0.4, -0.2) is 22.1 Å². The van der Waals surface area contributed by atoms with E-state index in [9.17, 15) is 14.7 Å². The molecular formula is C11H10N2O4. The zero-order valence-corrected chi connectivity index (χ0v) is 8.80. The second kappa shape index (κ2) is 5.51. The number of phenolic OH excluding ortho intramolecular Hbond substituents is 1. The summed E-state index contributed by atoms with van der Waals surface area (Å²) in [5.41, 5.74) is 0.548. The fraction of sp³-hybridized carbons (Fsp3) is 0.182. The number of aliphatic carboxylic acids is 1. The molecule has 1 amide bonds. The number of amides is 1. The van der Waals surface area contributed by atoms with Gasteiger partial charge in [0, 0.05) is 0 Å². The first-order valence-electron chi connectivity index (χ1n) is 4.73. The molecule has 17 heavy (non-hydrogen) atoms. The van der Waals surface area contributed by atoms with Crippen molar-refractivity contribution in [3.8, 4) is 11.8 Å². The third-order valence-corrected chi connectivity index (χ3v) is 1.93. The molecule has 1 aromatic rings. The highest BCUT2D eigenvalue weighted by molar-refractivity contribution is 5.93. The van der Waals surface area contributed by atoms with E-state index in [1.54, 1.807) is 6.07 Å². The lowest BCUT2D eigenvalue weighted by Gasteiger charge is -2.07. The van der Waals surface area contributed by atoms with Crippen LogP contribution in [-0.2, 0) is 16.0 Å². The number of carbonyl (C=O) groups excluding carboxylic acids is 1. The Morgan fingerprint density at radius 1 is 1.41 bits per heavy atom. The lowest BCUT2D eigenvalue weighted by molar-refractivity contribution is -0.136. The van der Waals surface area contributed by atoms with Crippen LogP contribution < -0.4 is 5.32 Å². The lowest BCUT2D eigenvalue weighted by Crippen LogP contribution is -2.11. The van der Waals surface area contributed by atoms with Crippen LogP contribution in [0, 0.1) is 11.3 Å². The number of nitrogens with one attached hydrogen (secondary N) is 1. The number of anilines is 1. The SMILES string of the molecule is N#CCC(=O)Nc1cc(CC(=O)O)ccc1O. The van der Waals surface area contributed by atoms with Gasteiger partial charge >= 0.3 is 5.97 Å². The van der Waals surface area contributed by atoms with Crippen LogP contribution in [0.25, 0.3) is 0 Å². The van der Waals surface area contributed by atoms with E-state index in [-0.39, 0.29) is 24.3 Å². The van der Waals surface area contributed by atoms with Crippen molar-refractivity contribution in [2.45, 2.75) is 12.8 Å². The molecule has 0 aliphatic carbocycles. The molecule has 0 spiro atoms. The maximum atomic E-state index is 11.1. The number of benzene rings is 1. The van der Waals surface area contributed by atoms with Gasteiger partial charge in [0.05, 0.1) is 18.2 Å². The minimum Gasteiger partial charge on any atom is -0.506 e. The van der Waals surface area contributed by atoms with Gasteiger partial charge in [-0.25, -0.2) is 0 Å². The van der Waals surface area contributed by atoms with Gasteiger partial charge in [0.25, 0.3) is 0 Å². The van der Waals surface area contributed by atoms with E-state index < -0.39 is 11.9 Å². The van der Waals surface area contributed by atoms with Crippen molar-refractivity contribution in [1.82, 2.24) is 0 Å². The molecule has 0 aliphatic rings. The van der Waals surface area contributed by atoms with Crippen LogP contribution in [0.1, 0.15) is 12.0 Å². The first-order chi connectivity index (χ1) is 8.02. The molecule has 6 heteroatoms. The number of aromatic hydroxyl groups is 1. The largest absolute Gasteiger partial charge is 0.506 e. The van der Waals surface area contributed by atoms with Crippen LogP contribution in [0.3, 0.4) is 0 Å². The first kappa shape index (κ1) is 12.5. The molecular weight excluding hydrogens is 224 g/mol. The fourth-order valence-electron chi connectivity index (χ4n) is 1.23. The van der Waals surface area contributed by atoms with Gasteiger partial charge in [-0.3, -0.25) is 9.59 Å². The minimum atomic E-state index is -1.01. The summed E-state index contributed by atoms with van der Waals surface area (Å²) in [7, 11) is 0. The fourth-order valence-corrected chi connectivity index (χ4v) is 1.23. The van der Waals surface area contributed by atoms with Gasteiger partial charge in [0.1, 0.15) is 12.2 Å². The predicted octanol–water partition coefficient (Wildman–Crippen LogP) is 0.871. The molecule has 0 unspecified atom stereocenters.